The van der Waals surface area contributed by atoms with Gasteiger partial charge in [-0.15, -0.1) is 0 Å². The van der Waals surface area contributed by atoms with Gasteiger partial charge >= 0.3 is 0 Å². The minimum atomic E-state index is 0.311. The van der Waals surface area contributed by atoms with Gasteiger partial charge in [-0.05, 0) is 12.8 Å². The summed E-state index contributed by atoms with van der Waals surface area (Å²) in [5.41, 5.74) is 0. The molecule has 0 spiro atoms. The van der Waals surface area contributed by atoms with Crippen LogP contribution in [0.15, 0.2) is 0 Å². The smallest absolute Gasteiger partial charge is 0.102 e. The minimum Gasteiger partial charge on any atom is -0.391 e. The molecule has 2 nitrogen and oxygen atoms in total. The van der Waals surface area contributed by atoms with E-state index in [0.717, 1.165) is 11.0 Å². The summed E-state index contributed by atoms with van der Waals surface area (Å²) in [5, 5.41) is 9.00. The molecule has 0 radical (unpaired) electrons. The maximum Gasteiger partial charge on any atom is 0.102 e. The molecular formula is C20H44NO+. The van der Waals surface area contributed by atoms with E-state index in [4.69, 9.17) is 5.11 Å². The molecule has 134 valence electrons. The summed E-state index contributed by atoms with van der Waals surface area (Å²) in [7, 11) is 4.44. The Morgan fingerprint density at radius 2 is 0.909 bits per heavy atom. The highest BCUT2D eigenvalue weighted by Gasteiger charge is 2.12. The Morgan fingerprint density at radius 1 is 0.545 bits per heavy atom. The van der Waals surface area contributed by atoms with Crippen LogP contribution in [-0.2, 0) is 0 Å². The molecule has 0 aliphatic rings. The van der Waals surface area contributed by atoms with E-state index in [-0.39, 0.29) is 0 Å². The van der Waals surface area contributed by atoms with Crippen LogP contribution in [0.25, 0.3) is 0 Å². The fourth-order valence-electron chi connectivity index (χ4n) is 3.12. The molecule has 22 heavy (non-hydrogen) atoms. The SMILES string of the molecule is CCCCCCCCCCCCCCCC[N+](C)(C)CCO. The zero-order chi connectivity index (χ0) is 16.5. The van der Waals surface area contributed by atoms with Gasteiger partial charge in [0, 0.05) is 0 Å². The van der Waals surface area contributed by atoms with Crippen molar-refractivity contribution in [2.75, 3.05) is 33.8 Å². The van der Waals surface area contributed by atoms with Gasteiger partial charge in [-0.1, -0.05) is 84.0 Å². The molecule has 0 amide bonds. The van der Waals surface area contributed by atoms with E-state index in [0.29, 0.717) is 6.61 Å². The lowest BCUT2D eigenvalue weighted by Crippen LogP contribution is -2.42. The maximum atomic E-state index is 9.00. The van der Waals surface area contributed by atoms with E-state index >= 15 is 0 Å². The van der Waals surface area contributed by atoms with Crippen LogP contribution in [0, 0.1) is 0 Å². The molecule has 0 saturated heterocycles. The van der Waals surface area contributed by atoms with Crippen LogP contribution in [0.3, 0.4) is 0 Å². The third-order valence-corrected chi connectivity index (χ3v) is 4.82. The predicted octanol–water partition coefficient (Wildman–Crippen LogP) is 5.54. The first kappa shape index (κ1) is 21.9. The van der Waals surface area contributed by atoms with Gasteiger partial charge in [0.15, 0.2) is 0 Å². The summed E-state index contributed by atoms with van der Waals surface area (Å²) in [4.78, 5) is 0. The van der Waals surface area contributed by atoms with Crippen molar-refractivity contribution in [2.24, 2.45) is 0 Å². The molecule has 0 fully saturated rings. The lowest BCUT2D eigenvalue weighted by molar-refractivity contribution is -0.890. The molecule has 2 heteroatoms. The highest BCUT2D eigenvalue weighted by Crippen LogP contribution is 2.13. The van der Waals surface area contributed by atoms with Crippen molar-refractivity contribution in [3.8, 4) is 0 Å². The molecule has 0 aromatic carbocycles. The topological polar surface area (TPSA) is 20.2 Å². The first-order valence-electron chi connectivity index (χ1n) is 10.1. The Labute approximate surface area is 140 Å². The summed E-state index contributed by atoms with van der Waals surface area (Å²) in [6.45, 7) is 4.69. The number of unbranched alkanes of at least 4 members (excludes halogenated alkanes) is 13. The van der Waals surface area contributed by atoms with E-state index in [1.807, 2.05) is 0 Å². The van der Waals surface area contributed by atoms with Crippen molar-refractivity contribution in [1.82, 2.24) is 0 Å². The lowest BCUT2D eigenvalue weighted by atomic mass is 10.0. The van der Waals surface area contributed by atoms with Crippen LogP contribution in [0.2, 0.25) is 0 Å². The summed E-state index contributed by atoms with van der Waals surface area (Å²) < 4.78 is 0.967. The van der Waals surface area contributed by atoms with E-state index in [1.54, 1.807) is 0 Å². The zero-order valence-corrected chi connectivity index (χ0v) is 15.9. The molecule has 0 rings (SSSR count). The largest absolute Gasteiger partial charge is 0.391 e. The van der Waals surface area contributed by atoms with Gasteiger partial charge in [-0.3, -0.25) is 0 Å². The standard InChI is InChI=1S/C20H44NO/c1-4-5-6-7-8-9-10-11-12-13-14-15-16-17-18-21(2,3)19-20-22/h22H,4-20H2,1-3H3/q+1. The van der Waals surface area contributed by atoms with Gasteiger partial charge in [0.1, 0.15) is 6.54 Å². The molecule has 0 unspecified atom stereocenters. The normalized spacial score (nSPS) is 12.0. The maximum absolute atomic E-state index is 9.00. The van der Waals surface area contributed by atoms with Crippen LogP contribution in [0.4, 0.5) is 0 Å². The van der Waals surface area contributed by atoms with Crippen molar-refractivity contribution in [3.63, 3.8) is 0 Å². The van der Waals surface area contributed by atoms with Crippen LogP contribution >= 0.6 is 0 Å². The van der Waals surface area contributed by atoms with E-state index in [1.165, 1.54) is 96.4 Å². The summed E-state index contributed by atoms with van der Waals surface area (Å²) in [5.74, 6) is 0. The van der Waals surface area contributed by atoms with Crippen molar-refractivity contribution < 1.29 is 9.59 Å². The molecule has 0 aromatic rings. The Bertz CT molecular complexity index is 216. The Hall–Kier alpha value is -0.0800. The molecule has 1 N–H and O–H groups in total. The van der Waals surface area contributed by atoms with Gasteiger partial charge in [-0.2, -0.15) is 0 Å². The third kappa shape index (κ3) is 16.3. The fourth-order valence-corrected chi connectivity index (χ4v) is 3.12. The number of nitrogens with zero attached hydrogens (tertiary/aromatic N) is 1. The van der Waals surface area contributed by atoms with Gasteiger partial charge in [-0.25, -0.2) is 0 Å². The summed E-state index contributed by atoms with van der Waals surface area (Å²) in [6, 6.07) is 0. The monoisotopic (exact) mass is 314 g/mol. The third-order valence-electron chi connectivity index (χ3n) is 4.82. The highest BCUT2D eigenvalue weighted by molar-refractivity contribution is 4.49. The average Bonchev–Trinajstić information content (AvgIpc) is 2.47. The summed E-state index contributed by atoms with van der Waals surface area (Å²) >= 11 is 0. The molecule has 0 aliphatic heterocycles. The molecular weight excluding hydrogens is 270 g/mol. The number of hydrogen-bond acceptors (Lipinski definition) is 1. The van der Waals surface area contributed by atoms with Crippen molar-refractivity contribution >= 4 is 0 Å². The van der Waals surface area contributed by atoms with Crippen molar-refractivity contribution in [3.05, 3.63) is 0 Å². The zero-order valence-electron chi connectivity index (χ0n) is 15.9. The lowest BCUT2D eigenvalue weighted by Gasteiger charge is -2.28. The van der Waals surface area contributed by atoms with Crippen LogP contribution in [0.5, 0.6) is 0 Å². The highest BCUT2D eigenvalue weighted by atomic mass is 16.3. The van der Waals surface area contributed by atoms with Gasteiger partial charge < -0.3 is 9.59 Å². The van der Waals surface area contributed by atoms with Gasteiger partial charge in [0.25, 0.3) is 0 Å². The van der Waals surface area contributed by atoms with E-state index in [9.17, 15) is 0 Å². The number of likely N-dealkylation sites (N-methyl/N-ethyl adjacent to an activating group) is 1. The second kappa shape index (κ2) is 15.8. The van der Waals surface area contributed by atoms with E-state index in [2.05, 4.69) is 21.0 Å². The van der Waals surface area contributed by atoms with Gasteiger partial charge in [0.05, 0.1) is 27.2 Å². The quantitative estimate of drug-likeness (QED) is 0.276. The second-order valence-corrected chi connectivity index (χ2v) is 7.70. The van der Waals surface area contributed by atoms with Gasteiger partial charge in [0.2, 0.25) is 0 Å². The number of rotatable bonds is 17. The van der Waals surface area contributed by atoms with Crippen molar-refractivity contribution in [2.45, 2.75) is 96.8 Å². The fraction of sp³-hybridized carbons (Fsp3) is 1.00. The number of quaternary nitrogens is 1. The Kier molecular flexibility index (Phi) is 15.7. The molecule has 0 bridgehead atoms. The number of aliphatic hydroxyl groups is 1. The average molecular weight is 315 g/mol. The predicted molar refractivity (Wildman–Crippen MR) is 99.2 cm³/mol. The molecule has 0 heterocycles. The minimum absolute atomic E-state index is 0.311. The Morgan fingerprint density at radius 3 is 1.27 bits per heavy atom. The first-order valence-corrected chi connectivity index (χ1v) is 10.1. The van der Waals surface area contributed by atoms with Crippen LogP contribution in [-0.4, -0.2) is 43.4 Å². The van der Waals surface area contributed by atoms with E-state index < -0.39 is 0 Å². The number of hydrogen-bond donors (Lipinski definition) is 1. The Balaban J connectivity index is 3.11. The molecule has 0 aliphatic carbocycles. The molecule has 0 aromatic heterocycles. The molecule has 0 atom stereocenters. The number of aliphatic hydroxyl groups excluding tert-OH is 1. The first-order chi connectivity index (χ1) is 10.6. The second-order valence-electron chi connectivity index (χ2n) is 7.70. The molecule has 0 saturated carbocycles. The van der Waals surface area contributed by atoms with Crippen LogP contribution in [0.1, 0.15) is 96.8 Å². The summed E-state index contributed by atoms with van der Waals surface area (Å²) in [6.07, 6.45) is 19.9. The van der Waals surface area contributed by atoms with Crippen molar-refractivity contribution in [1.29, 1.82) is 0 Å². The van der Waals surface area contributed by atoms with Crippen LogP contribution < -0.4 is 0 Å².